The molecule has 100 heavy (non-hydrogen) atoms. The van der Waals surface area contributed by atoms with Crippen LogP contribution in [0.4, 0.5) is 0 Å². The molecule has 0 saturated carbocycles. The van der Waals surface area contributed by atoms with E-state index in [9.17, 15) is 77.5 Å². The largest absolute Gasteiger partial charge is 0.463 e. The Morgan fingerprint density at radius 2 is 0.500 bits per heavy atom. The molecule has 40 heteroatoms. The quantitative estimate of drug-likeness (QED) is 0.0189. The van der Waals surface area contributed by atoms with Gasteiger partial charge in [-0.2, -0.15) is 0 Å². The summed E-state index contributed by atoms with van der Waals surface area (Å²) in [6.45, 7) is 11.4. The van der Waals surface area contributed by atoms with Crippen LogP contribution in [0, 0.1) is 0 Å². The molecule has 562 valence electrons. The second-order valence-electron chi connectivity index (χ2n) is 22.5. The molecule has 4 heterocycles. The van der Waals surface area contributed by atoms with E-state index >= 15 is 0 Å². The van der Waals surface area contributed by atoms with E-state index < -0.39 is 231 Å². The summed E-state index contributed by atoms with van der Waals surface area (Å²) in [5.74, 6) is -13.1. The monoisotopic (exact) mass is 1470 g/mol. The maximum absolute atomic E-state index is 13.0. The lowest BCUT2D eigenvalue weighted by Gasteiger charge is -2.48. The molecule has 20 atom stereocenters. The third-order valence-electron chi connectivity index (χ3n) is 14.0. The number of nitrogens with zero attached hydrogens (tertiary/aromatic N) is 2. The SMILES string of the molecule is CC(=O)OC[C@H]1O[C@@H](S/C(CCCCCC/C(=N/O)S[C@@H]2O[C@H](COC(C)=O)[C@@H](O[C@@H]3O[C@H](COC(C)=O)[C@@H](OC(C)=O)[C@H](OC(C)=O)[C@H]3OC(C)=O)[C@H](OC(C)=O)[C@H]2OC(C)=O)=N\O)[C@H](OC(C)=O)[C@@H](OC(C)=O)[C@@H]1O[C@@H]1O[C@H](COC(C)=O)[C@@H](OC(C)=O)[C@H](OC(C)=O)[C@H]1OC(C)=O. The van der Waals surface area contributed by atoms with Crippen molar-refractivity contribution in [3.63, 3.8) is 0 Å². The van der Waals surface area contributed by atoms with Crippen LogP contribution >= 0.6 is 23.5 Å². The fourth-order valence-corrected chi connectivity index (χ4v) is 12.8. The maximum atomic E-state index is 13.0. The van der Waals surface area contributed by atoms with E-state index in [-0.39, 0.29) is 35.8 Å². The molecule has 0 aromatic heterocycles. The van der Waals surface area contributed by atoms with Crippen molar-refractivity contribution in [2.45, 2.75) is 257 Å². The molecular formula is C60H84N2O36S2. The lowest BCUT2D eigenvalue weighted by Crippen LogP contribution is -2.66. The first kappa shape index (κ1) is 84.4. The Labute approximate surface area is 580 Å². The summed E-state index contributed by atoms with van der Waals surface area (Å²) < 4.78 is 115. The Balaban J connectivity index is 1.61. The minimum Gasteiger partial charge on any atom is -0.463 e. The van der Waals surface area contributed by atoms with E-state index in [1.54, 1.807) is 0 Å². The van der Waals surface area contributed by atoms with Gasteiger partial charge < -0.3 is 105 Å². The molecule has 4 fully saturated rings. The van der Waals surface area contributed by atoms with E-state index in [2.05, 4.69) is 10.3 Å². The summed E-state index contributed by atoms with van der Waals surface area (Å²) in [6.07, 6.45) is -29.6. The van der Waals surface area contributed by atoms with Gasteiger partial charge in [0.15, 0.2) is 73.6 Å². The van der Waals surface area contributed by atoms with E-state index in [4.69, 9.17) is 94.7 Å². The summed E-state index contributed by atoms with van der Waals surface area (Å²) in [5.41, 5.74) is -2.95. The molecular weight excluding hydrogens is 1390 g/mol. The molecule has 0 radical (unpaired) electrons. The van der Waals surface area contributed by atoms with Crippen LogP contribution in [0.5, 0.6) is 0 Å². The van der Waals surface area contributed by atoms with Crippen molar-refractivity contribution in [1.29, 1.82) is 0 Å². The molecule has 0 aromatic carbocycles. The van der Waals surface area contributed by atoms with E-state index in [0.29, 0.717) is 36.4 Å². The van der Waals surface area contributed by atoms with E-state index in [1.807, 2.05) is 0 Å². The van der Waals surface area contributed by atoms with E-state index in [1.165, 1.54) is 0 Å². The van der Waals surface area contributed by atoms with Crippen LogP contribution in [0.15, 0.2) is 10.3 Å². The molecule has 4 saturated heterocycles. The second kappa shape index (κ2) is 41.0. The molecule has 0 bridgehead atoms. The molecule has 0 amide bonds. The molecule has 0 spiro atoms. The van der Waals surface area contributed by atoms with Crippen LogP contribution in [0.2, 0.25) is 0 Å². The van der Waals surface area contributed by atoms with Crippen LogP contribution in [-0.2, 0) is 162 Å². The molecule has 0 aliphatic carbocycles. The average molecular weight is 1470 g/mol. The number of unbranched alkanes of at least 4 members (excludes halogenated alkanes) is 3. The Bertz CT molecular complexity index is 2770. The second-order valence-corrected chi connectivity index (χ2v) is 24.8. The van der Waals surface area contributed by atoms with Gasteiger partial charge in [-0.3, -0.25) is 67.1 Å². The number of carbonyl (C=O) groups is 14. The normalized spacial score (nSPS) is 29.7. The van der Waals surface area contributed by atoms with Gasteiger partial charge in [0.25, 0.3) is 0 Å². The van der Waals surface area contributed by atoms with Gasteiger partial charge in [-0.15, -0.1) is 0 Å². The van der Waals surface area contributed by atoms with Crippen molar-refractivity contribution in [1.82, 2.24) is 0 Å². The van der Waals surface area contributed by atoms with Crippen LogP contribution in [0.3, 0.4) is 0 Å². The zero-order chi connectivity index (χ0) is 74.8. The van der Waals surface area contributed by atoms with Crippen molar-refractivity contribution in [3.8, 4) is 0 Å². The highest BCUT2D eigenvalue weighted by molar-refractivity contribution is 8.14. The van der Waals surface area contributed by atoms with E-state index in [0.717, 1.165) is 96.9 Å². The van der Waals surface area contributed by atoms with Crippen molar-refractivity contribution in [2.75, 3.05) is 26.4 Å². The summed E-state index contributed by atoms with van der Waals surface area (Å²) in [4.78, 5) is 176. The Morgan fingerprint density at radius 3 is 0.740 bits per heavy atom. The minimum absolute atomic E-state index is 0.0109. The van der Waals surface area contributed by atoms with Gasteiger partial charge in [0.2, 0.25) is 0 Å². The maximum Gasteiger partial charge on any atom is 0.303 e. The first-order chi connectivity index (χ1) is 47.0. The fourth-order valence-electron chi connectivity index (χ4n) is 10.6. The first-order valence-corrected chi connectivity index (χ1v) is 32.7. The predicted molar refractivity (Wildman–Crippen MR) is 328 cm³/mol. The highest BCUT2D eigenvalue weighted by atomic mass is 32.2. The number of carbonyl (C=O) groups excluding carboxylic acids is 14. The third kappa shape index (κ3) is 27.5. The topological polar surface area (TPSA) is 489 Å². The minimum atomic E-state index is -1.94. The van der Waals surface area contributed by atoms with Gasteiger partial charge >= 0.3 is 83.6 Å². The van der Waals surface area contributed by atoms with Gasteiger partial charge in [-0.25, -0.2) is 0 Å². The molecule has 2 N–H and O–H groups in total. The molecule has 4 rings (SSSR count). The number of hydrogen-bond donors (Lipinski definition) is 2. The zero-order valence-corrected chi connectivity index (χ0v) is 58.7. The standard InChI is InChI=1S/C60H84N2O36S2/c1-25(63)79-21-39-45(83-29(5)67)49(85-31(7)69)53(89-35(11)73)57(93-39)97-47-41(23-81-27(3)65)95-59(55(91-37(13)75)51(47)87-33(9)71)99-43(61-77)19-17-15-16-18-20-44(62-78)100-60-56(92-38(14)76)52(88-34(10)72)48(42(96-60)24-82-28(4)66)98-58-54(90-36(12)74)50(86-32(8)70)46(84-30(6)68)40(94-58)22-80-26(2)64/h39-42,45-60,77-78H,15-24H2,1-14H3/b61-43-,62-44-/t39-,40-,41-,42-,45-,46-,47-,48-,49+,50+,51+,52+,53-,54-,55-,56-,57+,58+,59+,60+/m1/s1. The summed E-state index contributed by atoms with van der Waals surface area (Å²) in [7, 11) is 0. The van der Waals surface area contributed by atoms with Gasteiger partial charge in [0.05, 0.1) is 0 Å². The number of hydrogen-bond acceptors (Lipinski definition) is 40. The Kier molecular flexibility index (Phi) is 34.6. The molecule has 0 unspecified atom stereocenters. The number of thioether (sulfide) groups is 2. The predicted octanol–water partition coefficient (Wildman–Crippen LogP) is 1.61. The van der Waals surface area contributed by atoms with Crippen LogP contribution in [0.1, 0.15) is 135 Å². The molecule has 4 aliphatic rings. The highest BCUT2D eigenvalue weighted by Crippen LogP contribution is 2.41. The van der Waals surface area contributed by atoms with Crippen molar-refractivity contribution in [2.24, 2.45) is 10.3 Å². The Hall–Kier alpha value is -8.02. The van der Waals surface area contributed by atoms with Crippen LogP contribution in [-0.4, -0.2) is 252 Å². The Morgan fingerprint density at radius 1 is 0.280 bits per heavy atom. The average Bonchev–Trinajstić information content (AvgIpc) is 0.774. The first-order valence-electron chi connectivity index (χ1n) is 31.0. The highest BCUT2D eigenvalue weighted by Gasteiger charge is 2.60. The summed E-state index contributed by atoms with van der Waals surface area (Å²) in [5, 5.41) is 27.6. The number of ether oxygens (including phenoxy) is 20. The lowest BCUT2D eigenvalue weighted by atomic mass is 9.96. The number of esters is 14. The number of oxime groups is 2. The number of rotatable bonds is 31. The van der Waals surface area contributed by atoms with Gasteiger partial charge in [-0.1, -0.05) is 46.7 Å². The fraction of sp³-hybridized carbons (Fsp3) is 0.733. The van der Waals surface area contributed by atoms with Crippen LogP contribution < -0.4 is 0 Å². The zero-order valence-electron chi connectivity index (χ0n) is 57.1. The van der Waals surface area contributed by atoms with Crippen molar-refractivity contribution < 1.29 is 172 Å². The smallest absolute Gasteiger partial charge is 0.303 e. The van der Waals surface area contributed by atoms with Gasteiger partial charge in [0.1, 0.15) is 84.0 Å². The molecule has 4 aliphatic heterocycles. The summed E-state index contributed by atoms with van der Waals surface area (Å²) >= 11 is 1.39. The summed E-state index contributed by atoms with van der Waals surface area (Å²) in [6, 6.07) is 0. The van der Waals surface area contributed by atoms with Crippen molar-refractivity contribution in [3.05, 3.63) is 0 Å². The third-order valence-corrected chi connectivity index (χ3v) is 16.4. The molecule has 38 nitrogen and oxygen atoms in total. The lowest BCUT2D eigenvalue weighted by molar-refractivity contribution is -0.341. The van der Waals surface area contributed by atoms with Gasteiger partial charge in [-0.05, 0) is 25.7 Å². The molecule has 0 aromatic rings. The van der Waals surface area contributed by atoms with Gasteiger partial charge in [0, 0.05) is 96.9 Å². The van der Waals surface area contributed by atoms with Crippen LogP contribution in [0.25, 0.3) is 0 Å². The van der Waals surface area contributed by atoms with Crippen molar-refractivity contribution >= 4 is 117 Å².